The highest BCUT2D eigenvalue weighted by molar-refractivity contribution is 5.95. The Morgan fingerprint density at radius 2 is 2.17 bits per heavy atom. The van der Waals surface area contributed by atoms with Crippen LogP contribution in [0.15, 0.2) is 24.5 Å². The van der Waals surface area contributed by atoms with Gasteiger partial charge in [-0.15, -0.1) is 0 Å². The average Bonchev–Trinajstić information content (AvgIpc) is 2.38. The average molecular weight is 249 g/mol. The number of unbranched alkanes of at least 4 members (excludes halogenated alkanes) is 2. The van der Waals surface area contributed by atoms with Crippen molar-refractivity contribution in [2.24, 2.45) is 0 Å². The highest BCUT2D eigenvalue weighted by Crippen LogP contribution is 2.04. The second-order valence-electron chi connectivity index (χ2n) is 4.19. The summed E-state index contributed by atoms with van der Waals surface area (Å²) in [6.07, 6.45) is 6.58. The van der Waals surface area contributed by atoms with Crippen LogP contribution in [0.1, 0.15) is 44.6 Å². The third kappa shape index (κ3) is 6.13. The number of rotatable bonds is 8. The lowest BCUT2D eigenvalue weighted by molar-refractivity contribution is -0.147. The summed E-state index contributed by atoms with van der Waals surface area (Å²) in [4.78, 5) is 26.7. The molecule has 1 rings (SSSR count). The number of nitrogens with zero attached hydrogens (tertiary/aromatic N) is 1. The minimum atomic E-state index is -0.458. The van der Waals surface area contributed by atoms with Gasteiger partial charge in [-0.3, -0.25) is 14.6 Å². The molecule has 0 saturated carbocycles. The fraction of sp³-hybridized carbons (Fsp3) is 0.500. The van der Waals surface area contributed by atoms with Crippen molar-refractivity contribution in [2.75, 3.05) is 0 Å². The molecule has 0 aliphatic carbocycles. The highest BCUT2D eigenvalue weighted by Gasteiger charge is 2.10. The maximum atomic E-state index is 11.4. The molecule has 0 N–H and O–H groups in total. The number of pyridine rings is 1. The molecule has 0 fully saturated rings. The molecule has 98 valence electrons. The molecule has 0 bridgehead atoms. The summed E-state index contributed by atoms with van der Waals surface area (Å²) in [5.74, 6) is -0.500. The van der Waals surface area contributed by atoms with Crippen LogP contribution in [0.4, 0.5) is 0 Å². The molecule has 0 amide bonds. The van der Waals surface area contributed by atoms with Gasteiger partial charge in [0, 0.05) is 24.4 Å². The van der Waals surface area contributed by atoms with Gasteiger partial charge >= 0.3 is 5.97 Å². The number of hydrogen-bond donors (Lipinski definition) is 0. The molecule has 0 saturated heterocycles. The van der Waals surface area contributed by atoms with Gasteiger partial charge in [-0.1, -0.05) is 25.8 Å². The van der Waals surface area contributed by atoms with Crippen molar-refractivity contribution < 1.29 is 14.3 Å². The van der Waals surface area contributed by atoms with E-state index in [0.717, 1.165) is 24.8 Å². The number of ether oxygens (including phenoxy) is 1. The predicted molar refractivity (Wildman–Crippen MR) is 67.8 cm³/mol. The molecular weight excluding hydrogens is 230 g/mol. The fourth-order valence-corrected chi connectivity index (χ4v) is 1.52. The van der Waals surface area contributed by atoms with Crippen LogP contribution in [0.25, 0.3) is 0 Å². The Bertz CT molecular complexity index is 376. The number of Topliss-reactive ketones (excluding diaryl/α,β-unsaturated/α-hetero) is 1. The van der Waals surface area contributed by atoms with Crippen LogP contribution in [0.2, 0.25) is 0 Å². The van der Waals surface area contributed by atoms with Crippen LogP contribution in [-0.2, 0) is 20.9 Å². The molecule has 18 heavy (non-hydrogen) atoms. The van der Waals surface area contributed by atoms with E-state index >= 15 is 0 Å². The third-order valence-electron chi connectivity index (χ3n) is 2.52. The first-order valence-corrected chi connectivity index (χ1v) is 6.28. The number of hydrogen-bond acceptors (Lipinski definition) is 4. The van der Waals surface area contributed by atoms with Gasteiger partial charge < -0.3 is 4.74 Å². The summed E-state index contributed by atoms with van der Waals surface area (Å²) in [7, 11) is 0. The molecule has 1 aromatic rings. The van der Waals surface area contributed by atoms with Crippen LogP contribution in [0.3, 0.4) is 0 Å². The number of carbonyl (C=O) groups is 2. The van der Waals surface area contributed by atoms with Crippen LogP contribution in [0, 0.1) is 0 Å². The monoisotopic (exact) mass is 249 g/mol. The maximum absolute atomic E-state index is 11.4. The van der Waals surface area contributed by atoms with Crippen LogP contribution in [-0.4, -0.2) is 16.7 Å². The van der Waals surface area contributed by atoms with E-state index < -0.39 is 5.97 Å². The summed E-state index contributed by atoms with van der Waals surface area (Å²) in [6, 6.07) is 3.60. The number of esters is 1. The second-order valence-corrected chi connectivity index (χ2v) is 4.19. The molecule has 0 aromatic carbocycles. The van der Waals surface area contributed by atoms with Crippen molar-refractivity contribution in [3.8, 4) is 0 Å². The third-order valence-corrected chi connectivity index (χ3v) is 2.52. The van der Waals surface area contributed by atoms with Crippen molar-refractivity contribution in [3.63, 3.8) is 0 Å². The molecule has 0 atom stereocenters. The molecule has 0 radical (unpaired) electrons. The molecular formula is C14H19NO3. The Labute approximate surface area is 107 Å². The van der Waals surface area contributed by atoms with Gasteiger partial charge in [-0.05, 0) is 12.5 Å². The standard InChI is InChI=1S/C14H19NO3/c1-2-3-4-7-13(16)9-14(17)18-11-12-6-5-8-15-10-12/h5-6,8,10H,2-4,7,9,11H2,1H3. The minimum Gasteiger partial charge on any atom is -0.460 e. The van der Waals surface area contributed by atoms with Gasteiger partial charge in [0.2, 0.25) is 0 Å². The zero-order chi connectivity index (χ0) is 13.2. The molecule has 0 aliphatic heterocycles. The highest BCUT2D eigenvalue weighted by atomic mass is 16.5. The Morgan fingerprint density at radius 3 is 2.83 bits per heavy atom. The molecule has 0 unspecified atom stereocenters. The minimum absolute atomic E-state index is 0.0420. The second kappa shape index (κ2) is 8.39. The summed E-state index contributed by atoms with van der Waals surface area (Å²) in [6.45, 7) is 2.25. The number of aromatic nitrogens is 1. The van der Waals surface area contributed by atoms with Crippen molar-refractivity contribution in [3.05, 3.63) is 30.1 Å². The first-order valence-electron chi connectivity index (χ1n) is 6.28. The van der Waals surface area contributed by atoms with E-state index in [0.29, 0.717) is 6.42 Å². The lowest BCUT2D eigenvalue weighted by Crippen LogP contribution is -2.11. The molecule has 4 nitrogen and oxygen atoms in total. The fourth-order valence-electron chi connectivity index (χ4n) is 1.52. The normalized spacial score (nSPS) is 10.1. The van der Waals surface area contributed by atoms with Gasteiger partial charge in [0.25, 0.3) is 0 Å². The first-order chi connectivity index (χ1) is 8.72. The summed E-state index contributed by atoms with van der Waals surface area (Å²) in [5.41, 5.74) is 0.823. The summed E-state index contributed by atoms with van der Waals surface area (Å²) >= 11 is 0. The van der Waals surface area contributed by atoms with Gasteiger partial charge in [0.15, 0.2) is 0 Å². The van der Waals surface area contributed by atoms with Gasteiger partial charge in [-0.2, -0.15) is 0 Å². The first kappa shape index (κ1) is 14.4. The summed E-state index contributed by atoms with van der Waals surface area (Å²) in [5, 5.41) is 0. The summed E-state index contributed by atoms with van der Waals surface area (Å²) < 4.78 is 5.01. The van der Waals surface area contributed by atoms with E-state index in [2.05, 4.69) is 11.9 Å². The van der Waals surface area contributed by atoms with E-state index in [4.69, 9.17) is 4.74 Å². The predicted octanol–water partition coefficient (Wildman–Crippen LogP) is 2.66. The lowest BCUT2D eigenvalue weighted by Gasteiger charge is -2.04. The Balaban J connectivity index is 2.19. The zero-order valence-corrected chi connectivity index (χ0v) is 10.7. The molecule has 1 aromatic heterocycles. The lowest BCUT2D eigenvalue weighted by atomic mass is 10.1. The van der Waals surface area contributed by atoms with Gasteiger partial charge in [-0.25, -0.2) is 0 Å². The van der Waals surface area contributed by atoms with E-state index in [9.17, 15) is 9.59 Å². The SMILES string of the molecule is CCCCCC(=O)CC(=O)OCc1cccnc1. The van der Waals surface area contributed by atoms with Crippen molar-refractivity contribution in [1.82, 2.24) is 4.98 Å². The molecule has 1 heterocycles. The van der Waals surface area contributed by atoms with E-state index in [-0.39, 0.29) is 18.8 Å². The van der Waals surface area contributed by atoms with Crippen LogP contribution < -0.4 is 0 Å². The van der Waals surface area contributed by atoms with E-state index in [1.165, 1.54) is 0 Å². The van der Waals surface area contributed by atoms with Crippen molar-refractivity contribution in [2.45, 2.75) is 45.6 Å². The largest absolute Gasteiger partial charge is 0.460 e. The van der Waals surface area contributed by atoms with Crippen molar-refractivity contribution in [1.29, 1.82) is 0 Å². The Morgan fingerprint density at radius 1 is 1.33 bits per heavy atom. The zero-order valence-electron chi connectivity index (χ0n) is 10.7. The van der Waals surface area contributed by atoms with Crippen LogP contribution >= 0.6 is 0 Å². The van der Waals surface area contributed by atoms with Gasteiger partial charge in [0.05, 0.1) is 0 Å². The topological polar surface area (TPSA) is 56.3 Å². The van der Waals surface area contributed by atoms with Crippen LogP contribution in [0.5, 0.6) is 0 Å². The Kier molecular flexibility index (Phi) is 6.69. The van der Waals surface area contributed by atoms with Gasteiger partial charge in [0.1, 0.15) is 18.8 Å². The maximum Gasteiger partial charge on any atom is 0.313 e. The molecule has 0 spiro atoms. The molecule has 4 heteroatoms. The number of ketones is 1. The molecule has 0 aliphatic rings. The Hall–Kier alpha value is -1.71. The van der Waals surface area contributed by atoms with E-state index in [1.807, 2.05) is 6.07 Å². The number of carbonyl (C=O) groups excluding carboxylic acids is 2. The van der Waals surface area contributed by atoms with E-state index in [1.54, 1.807) is 18.5 Å². The smallest absolute Gasteiger partial charge is 0.313 e. The quantitative estimate of drug-likeness (QED) is 0.404. The van der Waals surface area contributed by atoms with Crippen molar-refractivity contribution >= 4 is 11.8 Å².